The van der Waals surface area contributed by atoms with Crippen LogP contribution in [0.5, 0.6) is 0 Å². The highest BCUT2D eigenvalue weighted by molar-refractivity contribution is 7.91. The third-order valence-corrected chi connectivity index (χ3v) is 5.04. The van der Waals surface area contributed by atoms with Gasteiger partial charge in [0.25, 0.3) is 5.16 Å². The first-order valence-electron chi connectivity index (χ1n) is 6.35. The molecule has 0 spiro atoms. The first-order valence-corrected chi connectivity index (χ1v) is 7.84. The van der Waals surface area contributed by atoms with Gasteiger partial charge >= 0.3 is 0 Å². The largest absolute Gasteiger partial charge is 0.252 e. The second-order valence-corrected chi connectivity index (χ2v) is 6.67. The van der Waals surface area contributed by atoms with Crippen LogP contribution in [0.1, 0.15) is 23.4 Å². The van der Waals surface area contributed by atoms with Crippen LogP contribution in [0.4, 0.5) is 4.39 Å². The molecule has 0 fully saturated rings. The Labute approximate surface area is 116 Å². The molecule has 2 aromatic rings. The fraction of sp³-hybridized carbons (Fsp3) is 0.286. The molecule has 20 heavy (non-hydrogen) atoms. The minimum absolute atomic E-state index is 0.0104. The number of fused-ring (bicyclic) bond motifs is 1. The molecular weight excluding hydrogens is 279 g/mol. The first kappa shape index (κ1) is 13.2. The maximum Gasteiger partial charge on any atom is 0.252 e. The van der Waals surface area contributed by atoms with Crippen molar-refractivity contribution in [3.8, 4) is 0 Å². The Morgan fingerprint density at radius 3 is 2.50 bits per heavy atom. The number of aromatic nitrogens is 2. The second kappa shape index (κ2) is 4.63. The lowest BCUT2D eigenvalue weighted by atomic mass is 10.2. The quantitative estimate of drug-likeness (QED) is 0.629. The predicted octanol–water partition coefficient (Wildman–Crippen LogP) is 2.25. The third kappa shape index (κ3) is 2.10. The van der Waals surface area contributed by atoms with Crippen LogP contribution in [0.3, 0.4) is 0 Å². The zero-order chi connectivity index (χ0) is 14.3. The molecule has 0 saturated carbocycles. The lowest BCUT2D eigenvalue weighted by molar-refractivity contribution is 0.584. The average Bonchev–Trinajstić information content (AvgIpc) is 2.88. The van der Waals surface area contributed by atoms with Crippen LogP contribution < -0.4 is 0 Å². The molecule has 0 aliphatic heterocycles. The molecule has 0 unspecified atom stereocenters. The van der Waals surface area contributed by atoms with Gasteiger partial charge in [-0.15, -0.1) is 0 Å². The molecule has 1 aromatic carbocycles. The highest BCUT2D eigenvalue weighted by Crippen LogP contribution is 2.25. The summed E-state index contributed by atoms with van der Waals surface area (Å²) in [5.74, 6) is -0.477. The van der Waals surface area contributed by atoms with Gasteiger partial charge in [0.2, 0.25) is 9.84 Å². The molecule has 1 aliphatic rings. The summed E-state index contributed by atoms with van der Waals surface area (Å²) in [7, 11) is -3.79. The summed E-state index contributed by atoms with van der Waals surface area (Å²) in [4.78, 5) is 8.32. The molecule has 1 aromatic heterocycles. The van der Waals surface area contributed by atoms with E-state index in [4.69, 9.17) is 0 Å². The van der Waals surface area contributed by atoms with Gasteiger partial charge in [-0.25, -0.2) is 22.8 Å². The number of sulfone groups is 1. The van der Waals surface area contributed by atoms with Crippen molar-refractivity contribution in [2.75, 3.05) is 0 Å². The van der Waals surface area contributed by atoms with E-state index in [1.165, 1.54) is 12.1 Å². The molecule has 4 nitrogen and oxygen atoms in total. The zero-order valence-corrected chi connectivity index (χ0v) is 11.7. The van der Waals surface area contributed by atoms with E-state index in [1.807, 2.05) is 0 Å². The van der Waals surface area contributed by atoms with Crippen molar-refractivity contribution in [3.05, 3.63) is 47.0 Å². The molecule has 1 heterocycles. The highest BCUT2D eigenvalue weighted by Gasteiger charge is 2.25. The van der Waals surface area contributed by atoms with Gasteiger partial charge in [-0.3, -0.25) is 0 Å². The van der Waals surface area contributed by atoms with Crippen molar-refractivity contribution in [2.45, 2.75) is 36.2 Å². The van der Waals surface area contributed by atoms with Crippen LogP contribution in [0.25, 0.3) is 0 Å². The molecule has 0 bridgehead atoms. The molecule has 1 aliphatic carbocycles. The first-order chi connectivity index (χ1) is 9.48. The topological polar surface area (TPSA) is 59.9 Å². The van der Waals surface area contributed by atoms with Crippen LogP contribution >= 0.6 is 0 Å². The second-order valence-electron chi connectivity index (χ2n) is 4.83. The van der Waals surface area contributed by atoms with Crippen molar-refractivity contribution < 1.29 is 12.8 Å². The van der Waals surface area contributed by atoms with E-state index in [2.05, 4.69) is 9.97 Å². The van der Waals surface area contributed by atoms with Gasteiger partial charge < -0.3 is 0 Å². The molecule has 0 radical (unpaired) electrons. The van der Waals surface area contributed by atoms with E-state index in [1.54, 1.807) is 6.92 Å². The minimum atomic E-state index is -3.79. The van der Waals surface area contributed by atoms with Gasteiger partial charge in [0.1, 0.15) is 5.82 Å². The molecule has 6 heteroatoms. The molecule has 0 amide bonds. The van der Waals surface area contributed by atoms with Crippen molar-refractivity contribution in [3.63, 3.8) is 0 Å². The van der Waals surface area contributed by atoms with Gasteiger partial charge in [-0.1, -0.05) is 0 Å². The van der Waals surface area contributed by atoms with Crippen LogP contribution in [-0.4, -0.2) is 18.4 Å². The summed E-state index contributed by atoms with van der Waals surface area (Å²) < 4.78 is 37.8. The monoisotopic (exact) mass is 292 g/mol. The van der Waals surface area contributed by atoms with Crippen LogP contribution in [0.2, 0.25) is 0 Å². The van der Waals surface area contributed by atoms with Crippen LogP contribution in [0.15, 0.2) is 34.3 Å². The molecule has 3 rings (SSSR count). The third-order valence-electron chi connectivity index (χ3n) is 3.48. The molecule has 104 valence electrons. The lowest BCUT2D eigenvalue weighted by Crippen LogP contribution is -2.11. The average molecular weight is 292 g/mol. The fourth-order valence-corrected chi connectivity index (χ4v) is 3.62. The van der Waals surface area contributed by atoms with E-state index in [9.17, 15) is 12.8 Å². The number of aryl methyl sites for hydroxylation is 2. The van der Waals surface area contributed by atoms with Crippen LogP contribution in [-0.2, 0) is 22.7 Å². The van der Waals surface area contributed by atoms with E-state index in [0.29, 0.717) is 5.69 Å². The van der Waals surface area contributed by atoms with E-state index >= 15 is 0 Å². The standard InChI is InChI=1S/C14H13FN2O2S/c1-9-12-3-2-4-13(12)17-14(16-9)20(18,19)11-7-5-10(15)6-8-11/h5-8H,2-4H2,1H3. The van der Waals surface area contributed by atoms with Crippen molar-refractivity contribution >= 4 is 9.84 Å². The number of rotatable bonds is 2. The maximum absolute atomic E-state index is 12.9. The highest BCUT2D eigenvalue weighted by atomic mass is 32.2. The maximum atomic E-state index is 12.9. The number of nitrogens with zero attached hydrogens (tertiary/aromatic N) is 2. The van der Waals surface area contributed by atoms with Crippen molar-refractivity contribution in [2.24, 2.45) is 0 Å². The molecule has 0 atom stereocenters. The summed E-state index contributed by atoms with van der Waals surface area (Å²) in [5, 5.41) is -0.192. The molecule has 0 N–H and O–H groups in total. The van der Waals surface area contributed by atoms with E-state index < -0.39 is 15.7 Å². The zero-order valence-electron chi connectivity index (χ0n) is 10.9. The Balaban J connectivity index is 2.12. The summed E-state index contributed by atoms with van der Waals surface area (Å²) in [6.07, 6.45) is 2.66. The van der Waals surface area contributed by atoms with E-state index in [0.717, 1.165) is 42.7 Å². The van der Waals surface area contributed by atoms with Gasteiger partial charge in [0.05, 0.1) is 4.90 Å². The number of hydrogen-bond donors (Lipinski definition) is 0. The van der Waals surface area contributed by atoms with Crippen LogP contribution in [0, 0.1) is 12.7 Å². The smallest absolute Gasteiger partial charge is 0.223 e. The number of hydrogen-bond acceptors (Lipinski definition) is 4. The Bertz CT molecular complexity index is 771. The summed E-state index contributed by atoms with van der Waals surface area (Å²) in [6.45, 7) is 1.80. The Morgan fingerprint density at radius 2 is 1.80 bits per heavy atom. The predicted molar refractivity (Wildman–Crippen MR) is 70.6 cm³/mol. The number of benzene rings is 1. The summed E-state index contributed by atoms with van der Waals surface area (Å²) in [6, 6.07) is 4.70. The normalized spacial score (nSPS) is 14.3. The van der Waals surface area contributed by atoms with Gasteiger partial charge in [0, 0.05) is 11.4 Å². The molecule has 0 saturated heterocycles. The van der Waals surface area contributed by atoms with Gasteiger partial charge in [-0.2, -0.15) is 0 Å². The lowest BCUT2D eigenvalue weighted by Gasteiger charge is -2.07. The van der Waals surface area contributed by atoms with Gasteiger partial charge in [0.15, 0.2) is 0 Å². The Kier molecular flexibility index (Phi) is 3.05. The van der Waals surface area contributed by atoms with Crippen molar-refractivity contribution in [1.82, 2.24) is 9.97 Å². The minimum Gasteiger partial charge on any atom is -0.223 e. The summed E-state index contributed by atoms with van der Waals surface area (Å²) in [5.41, 5.74) is 2.59. The number of halogens is 1. The Morgan fingerprint density at radius 1 is 1.10 bits per heavy atom. The molecular formula is C14H13FN2O2S. The SMILES string of the molecule is Cc1nc(S(=O)(=O)c2ccc(F)cc2)nc2c1CCC2. The van der Waals surface area contributed by atoms with E-state index in [-0.39, 0.29) is 10.1 Å². The summed E-state index contributed by atoms with van der Waals surface area (Å²) >= 11 is 0. The Hall–Kier alpha value is -1.82. The van der Waals surface area contributed by atoms with Gasteiger partial charge in [-0.05, 0) is 56.0 Å². The fourth-order valence-electron chi connectivity index (χ4n) is 2.43. The van der Waals surface area contributed by atoms with Crippen molar-refractivity contribution in [1.29, 1.82) is 0 Å².